The molecule has 0 spiro atoms. The fourth-order valence-corrected chi connectivity index (χ4v) is 2.86. The van der Waals surface area contributed by atoms with Crippen molar-refractivity contribution in [2.75, 3.05) is 7.11 Å². The highest BCUT2D eigenvalue weighted by Gasteiger charge is 2.32. The van der Waals surface area contributed by atoms with Gasteiger partial charge in [-0.1, -0.05) is 18.2 Å². The van der Waals surface area contributed by atoms with E-state index in [0.29, 0.717) is 33.7 Å². The summed E-state index contributed by atoms with van der Waals surface area (Å²) in [7, 11) is 1.51. The highest BCUT2D eigenvalue weighted by molar-refractivity contribution is 6.19. The lowest BCUT2D eigenvalue weighted by Crippen LogP contribution is -2.05. The van der Waals surface area contributed by atoms with Crippen molar-refractivity contribution in [2.45, 2.75) is 0 Å². The number of methoxy groups -OCH3 is 1. The Bertz CT molecular complexity index is 925. The van der Waals surface area contributed by atoms with Crippen LogP contribution in [0.4, 0.5) is 0 Å². The van der Waals surface area contributed by atoms with Gasteiger partial charge in [0.25, 0.3) is 5.91 Å². The third-order valence-electron chi connectivity index (χ3n) is 3.77. The van der Waals surface area contributed by atoms with Crippen LogP contribution in [0, 0.1) is 0 Å². The first-order valence-electron chi connectivity index (χ1n) is 6.45. The van der Waals surface area contributed by atoms with Gasteiger partial charge in [-0.3, -0.25) is 14.2 Å². The molecule has 0 saturated carbocycles. The number of ether oxygens (including phenoxy) is 1. The van der Waals surface area contributed by atoms with Gasteiger partial charge >= 0.3 is 0 Å². The minimum atomic E-state index is -0.134. The molecule has 1 aliphatic rings. The zero-order valence-corrected chi connectivity index (χ0v) is 11.2. The molecule has 0 aliphatic carbocycles. The van der Waals surface area contributed by atoms with E-state index < -0.39 is 0 Å². The Hall–Kier alpha value is -2.95. The number of fused-ring (bicyclic) bond motifs is 5. The van der Waals surface area contributed by atoms with Crippen LogP contribution in [-0.4, -0.2) is 28.9 Å². The fraction of sp³-hybridized carbons (Fsp3) is 0.0625. The molecule has 0 bridgehead atoms. The molecule has 0 saturated heterocycles. The number of benzene rings is 1. The number of carbonyl (C=O) groups is 2. The van der Waals surface area contributed by atoms with E-state index in [0.717, 1.165) is 11.8 Å². The minimum absolute atomic E-state index is 0.134. The Morgan fingerprint density at radius 3 is 2.62 bits per heavy atom. The first kappa shape index (κ1) is 11.8. The number of aldehydes is 1. The summed E-state index contributed by atoms with van der Waals surface area (Å²) in [6.07, 6.45) is 0.746. The van der Waals surface area contributed by atoms with Crippen molar-refractivity contribution in [3.63, 3.8) is 0 Å². The fourth-order valence-electron chi connectivity index (χ4n) is 2.86. The maximum absolute atomic E-state index is 12.6. The molecule has 3 aromatic rings. The summed E-state index contributed by atoms with van der Waals surface area (Å²) >= 11 is 0. The van der Waals surface area contributed by atoms with Crippen molar-refractivity contribution in [3.05, 3.63) is 47.5 Å². The Labute approximate surface area is 119 Å². The molecule has 0 N–H and O–H groups in total. The largest absolute Gasteiger partial charge is 0.481 e. The summed E-state index contributed by atoms with van der Waals surface area (Å²) in [6, 6.07) is 10.7. The molecule has 1 aliphatic heterocycles. The number of pyridine rings is 1. The average molecular weight is 278 g/mol. The highest BCUT2D eigenvalue weighted by Crippen LogP contribution is 2.39. The molecule has 0 atom stereocenters. The van der Waals surface area contributed by atoms with Gasteiger partial charge in [-0.05, 0) is 12.1 Å². The standard InChI is InChI=1S/C16H10N2O3/c1-21-13-7-6-12-14(17-13)11(8-19)15-9-4-2-3-5-10(9)16(20)18(12)15/h2-8H,1H3. The summed E-state index contributed by atoms with van der Waals surface area (Å²) in [4.78, 5) is 28.4. The number of rotatable bonds is 2. The lowest BCUT2D eigenvalue weighted by molar-refractivity contribution is 0.0973. The van der Waals surface area contributed by atoms with Crippen molar-refractivity contribution >= 4 is 23.2 Å². The third kappa shape index (κ3) is 1.37. The Balaban J connectivity index is 2.18. The number of carbonyl (C=O) groups excluding carboxylic acids is 2. The van der Waals surface area contributed by atoms with Crippen LogP contribution in [0.3, 0.4) is 0 Å². The van der Waals surface area contributed by atoms with E-state index in [-0.39, 0.29) is 5.91 Å². The normalized spacial score (nSPS) is 12.3. The second kappa shape index (κ2) is 4.02. The lowest BCUT2D eigenvalue weighted by Gasteiger charge is -2.01. The summed E-state index contributed by atoms with van der Waals surface area (Å²) in [5, 5.41) is 0. The van der Waals surface area contributed by atoms with Gasteiger partial charge in [0.2, 0.25) is 5.88 Å². The number of hydrogen-bond acceptors (Lipinski definition) is 4. The maximum Gasteiger partial charge on any atom is 0.263 e. The van der Waals surface area contributed by atoms with Crippen LogP contribution in [0.2, 0.25) is 0 Å². The molecule has 21 heavy (non-hydrogen) atoms. The van der Waals surface area contributed by atoms with Gasteiger partial charge in [0.15, 0.2) is 6.29 Å². The van der Waals surface area contributed by atoms with Gasteiger partial charge < -0.3 is 4.74 Å². The Kier molecular flexibility index (Phi) is 2.27. The zero-order chi connectivity index (χ0) is 14.6. The quantitative estimate of drug-likeness (QED) is 0.529. The maximum atomic E-state index is 12.6. The number of hydrogen-bond donors (Lipinski definition) is 0. The van der Waals surface area contributed by atoms with Gasteiger partial charge in [-0.15, -0.1) is 0 Å². The molecule has 5 nitrogen and oxygen atoms in total. The molecular formula is C16H10N2O3. The van der Waals surface area contributed by atoms with Crippen LogP contribution in [0.1, 0.15) is 20.7 Å². The van der Waals surface area contributed by atoms with Gasteiger partial charge in [0.05, 0.1) is 23.9 Å². The molecule has 1 aromatic carbocycles. The van der Waals surface area contributed by atoms with Gasteiger partial charge in [0.1, 0.15) is 5.52 Å². The van der Waals surface area contributed by atoms with E-state index in [2.05, 4.69) is 4.98 Å². The molecule has 3 heterocycles. The minimum Gasteiger partial charge on any atom is -0.481 e. The van der Waals surface area contributed by atoms with E-state index in [1.165, 1.54) is 7.11 Å². The topological polar surface area (TPSA) is 61.2 Å². The van der Waals surface area contributed by atoms with Crippen LogP contribution < -0.4 is 4.74 Å². The van der Waals surface area contributed by atoms with Crippen LogP contribution in [-0.2, 0) is 0 Å². The number of aromatic nitrogens is 2. The first-order chi connectivity index (χ1) is 10.3. The van der Waals surface area contributed by atoms with E-state index in [4.69, 9.17) is 4.74 Å². The summed E-state index contributed by atoms with van der Waals surface area (Å²) < 4.78 is 6.65. The summed E-state index contributed by atoms with van der Waals surface area (Å²) in [6.45, 7) is 0. The third-order valence-corrected chi connectivity index (χ3v) is 3.77. The molecule has 102 valence electrons. The van der Waals surface area contributed by atoms with Crippen LogP contribution in [0.15, 0.2) is 36.4 Å². The monoisotopic (exact) mass is 278 g/mol. The van der Waals surface area contributed by atoms with Crippen LogP contribution >= 0.6 is 0 Å². The smallest absolute Gasteiger partial charge is 0.263 e. The molecule has 4 rings (SSSR count). The van der Waals surface area contributed by atoms with E-state index in [1.54, 1.807) is 22.8 Å². The second-order valence-corrected chi connectivity index (χ2v) is 4.79. The predicted octanol–water partition coefficient (Wildman–Crippen LogP) is 2.53. The highest BCUT2D eigenvalue weighted by atomic mass is 16.5. The molecule has 0 fully saturated rings. The SMILES string of the molecule is COc1ccc2c(n1)c(C=O)c1n2C(=O)c2ccccc2-1. The molecule has 5 heteroatoms. The second-order valence-electron chi connectivity index (χ2n) is 4.79. The van der Waals surface area contributed by atoms with Crippen molar-refractivity contribution < 1.29 is 14.3 Å². The van der Waals surface area contributed by atoms with Gasteiger partial charge in [0, 0.05) is 17.2 Å². The summed E-state index contributed by atoms with van der Waals surface area (Å²) in [5.41, 5.74) is 3.51. The number of nitrogens with zero attached hydrogens (tertiary/aromatic N) is 2. The molecule has 0 unspecified atom stereocenters. The Morgan fingerprint density at radius 2 is 1.90 bits per heavy atom. The zero-order valence-electron chi connectivity index (χ0n) is 11.2. The van der Waals surface area contributed by atoms with Crippen molar-refractivity contribution in [1.82, 2.24) is 9.55 Å². The van der Waals surface area contributed by atoms with E-state index in [9.17, 15) is 9.59 Å². The molecule has 0 amide bonds. The van der Waals surface area contributed by atoms with Gasteiger partial charge in [-0.25, -0.2) is 4.98 Å². The lowest BCUT2D eigenvalue weighted by atomic mass is 10.0. The Morgan fingerprint density at radius 1 is 1.14 bits per heavy atom. The van der Waals surface area contributed by atoms with Gasteiger partial charge in [-0.2, -0.15) is 0 Å². The van der Waals surface area contributed by atoms with Crippen molar-refractivity contribution in [1.29, 1.82) is 0 Å². The van der Waals surface area contributed by atoms with Crippen molar-refractivity contribution in [3.8, 4) is 17.1 Å². The van der Waals surface area contributed by atoms with E-state index in [1.807, 2.05) is 18.2 Å². The van der Waals surface area contributed by atoms with Crippen molar-refractivity contribution in [2.24, 2.45) is 0 Å². The predicted molar refractivity (Wildman–Crippen MR) is 76.8 cm³/mol. The van der Waals surface area contributed by atoms with E-state index >= 15 is 0 Å². The van der Waals surface area contributed by atoms with Crippen LogP contribution in [0.25, 0.3) is 22.3 Å². The molecular weight excluding hydrogens is 268 g/mol. The molecule has 2 aromatic heterocycles. The summed E-state index contributed by atoms with van der Waals surface area (Å²) in [5.74, 6) is 0.279. The average Bonchev–Trinajstić information content (AvgIpc) is 3.01. The van der Waals surface area contributed by atoms with Crippen LogP contribution in [0.5, 0.6) is 5.88 Å². The first-order valence-corrected chi connectivity index (χ1v) is 6.45. The molecule has 0 radical (unpaired) electrons.